The molecule has 6 heteroatoms. The molecule has 0 saturated carbocycles. The third-order valence-electron chi connectivity index (χ3n) is 3.06. The molecule has 2 N–H and O–H groups in total. The SMILES string of the molecule is Cc1ccccc1NC(=S)Nc1ccc(OC(F)F)cc1C. The number of thiocarbonyl (C=S) groups is 1. The van der Waals surface area contributed by atoms with Gasteiger partial charge in [0, 0.05) is 11.4 Å². The maximum absolute atomic E-state index is 12.2. The van der Waals surface area contributed by atoms with Crippen molar-refractivity contribution in [1.29, 1.82) is 0 Å². The fraction of sp³-hybridized carbons (Fsp3) is 0.188. The molecule has 22 heavy (non-hydrogen) atoms. The highest BCUT2D eigenvalue weighted by Gasteiger charge is 2.08. The summed E-state index contributed by atoms with van der Waals surface area (Å²) in [7, 11) is 0. The molecule has 0 fully saturated rings. The van der Waals surface area contributed by atoms with Crippen LogP contribution >= 0.6 is 12.2 Å². The Bertz CT molecular complexity index is 677. The second-order valence-corrected chi connectivity index (χ2v) is 5.16. The summed E-state index contributed by atoms with van der Waals surface area (Å²) < 4.78 is 28.7. The van der Waals surface area contributed by atoms with Crippen molar-refractivity contribution in [3.8, 4) is 5.75 Å². The first kappa shape index (κ1) is 16.2. The number of aryl methyl sites for hydroxylation is 2. The number of benzene rings is 2. The first-order valence-corrected chi connectivity index (χ1v) is 7.05. The number of alkyl halides is 2. The fourth-order valence-electron chi connectivity index (χ4n) is 1.94. The molecule has 0 bridgehead atoms. The average Bonchev–Trinajstić information content (AvgIpc) is 2.44. The molecule has 0 unspecified atom stereocenters. The van der Waals surface area contributed by atoms with Crippen LogP contribution in [0.4, 0.5) is 20.2 Å². The van der Waals surface area contributed by atoms with E-state index in [0.717, 1.165) is 22.5 Å². The lowest BCUT2D eigenvalue weighted by Crippen LogP contribution is -2.20. The summed E-state index contributed by atoms with van der Waals surface area (Å²) in [6.07, 6.45) is 0. The minimum atomic E-state index is -2.83. The van der Waals surface area contributed by atoms with Crippen LogP contribution in [0.2, 0.25) is 0 Å². The zero-order chi connectivity index (χ0) is 16.1. The minimum Gasteiger partial charge on any atom is -0.435 e. The Morgan fingerprint density at radius 1 is 1.00 bits per heavy atom. The van der Waals surface area contributed by atoms with Crippen molar-refractivity contribution in [3.63, 3.8) is 0 Å². The molecule has 0 atom stereocenters. The van der Waals surface area contributed by atoms with E-state index < -0.39 is 6.61 Å². The van der Waals surface area contributed by atoms with Gasteiger partial charge >= 0.3 is 6.61 Å². The zero-order valence-electron chi connectivity index (χ0n) is 12.2. The molecule has 3 nitrogen and oxygen atoms in total. The van der Waals surface area contributed by atoms with Gasteiger partial charge < -0.3 is 15.4 Å². The van der Waals surface area contributed by atoms with Crippen LogP contribution in [-0.2, 0) is 0 Å². The van der Waals surface area contributed by atoms with E-state index in [-0.39, 0.29) is 5.75 Å². The van der Waals surface area contributed by atoms with E-state index in [1.165, 1.54) is 12.1 Å². The van der Waals surface area contributed by atoms with E-state index in [1.807, 2.05) is 31.2 Å². The highest BCUT2D eigenvalue weighted by molar-refractivity contribution is 7.80. The normalized spacial score (nSPS) is 10.4. The largest absolute Gasteiger partial charge is 0.435 e. The molecular weight excluding hydrogens is 306 g/mol. The number of hydrogen-bond donors (Lipinski definition) is 2. The van der Waals surface area contributed by atoms with Crippen LogP contribution in [0.5, 0.6) is 5.75 Å². The Balaban J connectivity index is 2.04. The van der Waals surface area contributed by atoms with E-state index in [9.17, 15) is 8.78 Å². The van der Waals surface area contributed by atoms with Crippen LogP contribution in [0.15, 0.2) is 42.5 Å². The van der Waals surface area contributed by atoms with Crippen molar-refractivity contribution in [1.82, 2.24) is 0 Å². The molecule has 0 radical (unpaired) electrons. The summed E-state index contributed by atoms with van der Waals surface area (Å²) >= 11 is 5.27. The number of halogens is 2. The lowest BCUT2D eigenvalue weighted by molar-refractivity contribution is -0.0498. The van der Waals surface area contributed by atoms with Gasteiger partial charge in [0.1, 0.15) is 5.75 Å². The predicted molar refractivity (Wildman–Crippen MR) is 88.8 cm³/mol. The molecule has 0 aliphatic rings. The number of anilines is 2. The van der Waals surface area contributed by atoms with Gasteiger partial charge in [-0.2, -0.15) is 8.78 Å². The van der Waals surface area contributed by atoms with Crippen LogP contribution in [-0.4, -0.2) is 11.7 Å². The van der Waals surface area contributed by atoms with E-state index in [0.29, 0.717) is 5.11 Å². The second kappa shape index (κ2) is 7.17. The topological polar surface area (TPSA) is 33.3 Å². The number of hydrogen-bond acceptors (Lipinski definition) is 2. The zero-order valence-corrected chi connectivity index (χ0v) is 13.0. The Morgan fingerprint density at radius 3 is 2.23 bits per heavy atom. The summed E-state index contributed by atoms with van der Waals surface area (Å²) in [5.74, 6) is 0.121. The third-order valence-corrected chi connectivity index (χ3v) is 3.27. The van der Waals surface area contributed by atoms with Crippen molar-refractivity contribution in [2.75, 3.05) is 10.6 Å². The highest BCUT2D eigenvalue weighted by Crippen LogP contribution is 2.23. The molecule has 0 aliphatic heterocycles. The molecule has 2 aromatic rings. The molecular formula is C16H16F2N2OS. The molecule has 2 rings (SSSR count). The third kappa shape index (κ3) is 4.39. The first-order valence-electron chi connectivity index (χ1n) is 6.65. The summed E-state index contributed by atoms with van der Waals surface area (Å²) in [5.41, 5.74) is 3.47. The minimum absolute atomic E-state index is 0.121. The van der Waals surface area contributed by atoms with Gasteiger partial charge in [0.2, 0.25) is 0 Å². The summed E-state index contributed by atoms with van der Waals surface area (Å²) in [6, 6.07) is 12.4. The molecule has 0 aliphatic carbocycles. The van der Waals surface area contributed by atoms with Gasteiger partial charge in [0.05, 0.1) is 0 Å². The molecule has 0 spiro atoms. The monoisotopic (exact) mass is 322 g/mol. The van der Waals surface area contributed by atoms with Gasteiger partial charge in [-0.3, -0.25) is 0 Å². The average molecular weight is 322 g/mol. The van der Waals surface area contributed by atoms with Gasteiger partial charge in [0.15, 0.2) is 5.11 Å². The maximum Gasteiger partial charge on any atom is 0.387 e. The standard InChI is InChI=1S/C16H16F2N2OS/c1-10-5-3-4-6-13(10)19-16(22)20-14-8-7-12(9-11(14)2)21-15(17)18/h3-9,15H,1-2H3,(H2,19,20,22). The summed E-state index contributed by atoms with van der Waals surface area (Å²) in [6.45, 7) is 0.936. The van der Waals surface area contributed by atoms with Gasteiger partial charge in [-0.1, -0.05) is 18.2 Å². The first-order chi connectivity index (χ1) is 10.5. The van der Waals surface area contributed by atoms with E-state index >= 15 is 0 Å². The van der Waals surface area contributed by atoms with Crippen LogP contribution in [0.3, 0.4) is 0 Å². The van der Waals surface area contributed by atoms with Gasteiger partial charge in [-0.05, 0) is 61.5 Å². The van der Waals surface area contributed by atoms with Crippen molar-refractivity contribution in [3.05, 3.63) is 53.6 Å². The molecule has 116 valence electrons. The molecule has 2 aromatic carbocycles. The number of nitrogens with one attached hydrogen (secondary N) is 2. The summed E-state index contributed by atoms with van der Waals surface area (Å²) in [4.78, 5) is 0. The molecule has 0 aromatic heterocycles. The fourth-order valence-corrected chi connectivity index (χ4v) is 2.16. The Kier molecular flexibility index (Phi) is 5.27. The summed E-state index contributed by atoms with van der Waals surface area (Å²) in [5, 5.41) is 6.58. The van der Waals surface area contributed by atoms with Gasteiger partial charge in [-0.15, -0.1) is 0 Å². The van der Waals surface area contributed by atoms with Crippen LogP contribution in [0.25, 0.3) is 0 Å². The Morgan fingerprint density at radius 2 is 1.64 bits per heavy atom. The van der Waals surface area contributed by atoms with Crippen LogP contribution in [0.1, 0.15) is 11.1 Å². The van der Waals surface area contributed by atoms with E-state index in [1.54, 1.807) is 13.0 Å². The van der Waals surface area contributed by atoms with Crippen molar-refractivity contribution in [2.24, 2.45) is 0 Å². The van der Waals surface area contributed by atoms with E-state index in [4.69, 9.17) is 12.2 Å². The van der Waals surface area contributed by atoms with Crippen molar-refractivity contribution in [2.45, 2.75) is 20.5 Å². The number of para-hydroxylation sites is 1. The van der Waals surface area contributed by atoms with Crippen LogP contribution < -0.4 is 15.4 Å². The molecule has 0 heterocycles. The Hall–Kier alpha value is -2.21. The van der Waals surface area contributed by atoms with Crippen molar-refractivity contribution >= 4 is 28.7 Å². The number of rotatable bonds is 4. The lowest BCUT2D eigenvalue weighted by Gasteiger charge is -2.15. The maximum atomic E-state index is 12.2. The lowest BCUT2D eigenvalue weighted by atomic mass is 10.2. The van der Waals surface area contributed by atoms with Gasteiger partial charge in [-0.25, -0.2) is 0 Å². The molecule has 0 saturated heterocycles. The van der Waals surface area contributed by atoms with E-state index in [2.05, 4.69) is 15.4 Å². The molecule has 0 amide bonds. The van der Waals surface area contributed by atoms with Crippen molar-refractivity contribution < 1.29 is 13.5 Å². The predicted octanol–water partition coefficient (Wildman–Crippen LogP) is 4.71. The van der Waals surface area contributed by atoms with Crippen LogP contribution in [0, 0.1) is 13.8 Å². The number of ether oxygens (including phenoxy) is 1. The highest BCUT2D eigenvalue weighted by atomic mass is 32.1. The smallest absolute Gasteiger partial charge is 0.387 e. The van der Waals surface area contributed by atoms with Gasteiger partial charge in [0.25, 0.3) is 0 Å². The quantitative estimate of drug-likeness (QED) is 0.799. The Labute approximate surface area is 133 Å². The second-order valence-electron chi connectivity index (χ2n) is 4.75.